The number of hydrogen-bond acceptors (Lipinski definition) is 2. The predicted octanol–water partition coefficient (Wildman–Crippen LogP) is 8.31. The monoisotopic (exact) mass is 952 g/mol. The molecule has 0 fully saturated rings. The maximum atomic E-state index is 8.51. The van der Waals surface area contributed by atoms with E-state index in [0.717, 1.165) is 11.1 Å². The van der Waals surface area contributed by atoms with Gasteiger partial charge in [-0.25, -0.2) is 0 Å². The molecule has 0 radical (unpaired) electrons. The molecular formula is C50H46O2P2Pd2. The Labute approximate surface area is 363 Å². The van der Waals surface area contributed by atoms with Crippen molar-refractivity contribution in [2.45, 2.75) is 13.2 Å². The van der Waals surface area contributed by atoms with E-state index < -0.39 is 15.8 Å². The van der Waals surface area contributed by atoms with Gasteiger partial charge in [-0.15, -0.1) is 11.1 Å². The summed E-state index contributed by atoms with van der Waals surface area (Å²) in [5.41, 5.74) is 1.68. The first-order chi connectivity index (χ1) is 26.8. The van der Waals surface area contributed by atoms with Gasteiger partial charge in [0, 0.05) is 54.1 Å². The molecule has 56 heavy (non-hydrogen) atoms. The molecule has 8 rings (SSSR count). The number of benzene rings is 8. The Morgan fingerprint density at radius 2 is 0.482 bits per heavy atom. The van der Waals surface area contributed by atoms with Crippen LogP contribution in [0.1, 0.15) is 11.1 Å². The maximum absolute atomic E-state index is 8.51. The van der Waals surface area contributed by atoms with Crippen molar-refractivity contribution >= 4 is 47.7 Å². The predicted molar refractivity (Wildman–Crippen MR) is 235 cm³/mol. The van der Waals surface area contributed by atoms with Crippen molar-refractivity contribution in [2.75, 3.05) is 0 Å². The third kappa shape index (κ3) is 15.4. The molecule has 8 aromatic rings. The van der Waals surface area contributed by atoms with Crippen LogP contribution < -0.4 is 31.8 Å². The van der Waals surface area contributed by atoms with Crippen molar-refractivity contribution in [3.8, 4) is 0 Å². The van der Waals surface area contributed by atoms with E-state index in [1.165, 1.54) is 31.8 Å². The summed E-state index contributed by atoms with van der Waals surface area (Å²) >= 11 is 0. The van der Waals surface area contributed by atoms with E-state index in [1.807, 2.05) is 36.4 Å². The van der Waals surface area contributed by atoms with Crippen LogP contribution in [0.2, 0.25) is 0 Å². The van der Waals surface area contributed by atoms with Crippen LogP contribution in [-0.2, 0) is 54.1 Å². The quantitative estimate of drug-likeness (QED) is 0.0916. The minimum absolute atomic E-state index is 0. The zero-order valence-electron chi connectivity index (χ0n) is 30.9. The summed E-state index contributed by atoms with van der Waals surface area (Å²) in [6, 6.07) is 85.5. The van der Waals surface area contributed by atoms with E-state index in [9.17, 15) is 0 Å². The standard InChI is InChI=1S/2C18H15P.2C7H7O.2Pd/c2*1-4-10-16(11-5-1)19(17-12-6-2-7-13-17)18-14-8-3-9-15-18;2*8-6-7-4-2-1-3-5-7;;/h2*1-15H;2*1-4,8H,6H2;;/q;;2*-1;;/p+2. The van der Waals surface area contributed by atoms with Gasteiger partial charge in [0.2, 0.25) is 0 Å². The molecule has 0 aliphatic rings. The summed E-state index contributed by atoms with van der Waals surface area (Å²) in [4.78, 5) is 0. The normalized spacial score (nSPS) is 9.79. The Bertz CT molecular complexity index is 1770. The van der Waals surface area contributed by atoms with Gasteiger partial charge in [-0.05, 0) is 72.8 Å². The minimum atomic E-state index is -0.877. The summed E-state index contributed by atoms with van der Waals surface area (Å²) in [6.07, 6.45) is 0. The molecule has 0 aromatic heterocycles. The van der Waals surface area contributed by atoms with Crippen LogP contribution in [0.15, 0.2) is 231 Å². The summed E-state index contributed by atoms with van der Waals surface area (Å²) in [6.45, 7) is 0.168. The number of hydrogen-bond donors (Lipinski definition) is 2. The van der Waals surface area contributed by atoms with Gasteiger partial charge in [0.05, 0.1) is 15.8 Å². The minimum Gasteiger partial charge on any atom is -0.394 e. The van der Waals surface area contributed by atoms with Crippen LogP contribution in [0.3, 0.4) is 0 Å². The van der Waals surface area contributed by atoms with Crippen LogP contribution in [0.25, 0.3) is 0 Å². The van der Waals surface area contributed by atoms with E-state index >= 15 is 0 Å². The number of aliphatic hydroxyl groups excluding tert-OH is 2. The SMILES string of the molecule is OCc1[c-]cccc1.OCc1[c-]cccc1.[Pd].[Pd].c1ccc([PH+](c2ccccc2)c2ccccc2)cc1.c1ccc([PH+](c2ccccc2)c2ccccc2)cc1. The summed E-state index contributed by atoms with van der Waals surface area (Å²) < 4.78 is 0. The average Bonchev–Trinajstić information content (AvgIpc) is 3.27. The number of aliphatic hydroxyl groups is 2. The largest absolute Gasteiger partial charge is 0.394 e. The zero-order valence-corrected chi connectivity index (χ0v) is 36.0. The van der Waals surface area contributed by atoms with Crippen molar-refractivity contribution in [3.63, 3.8) is 0 Å². The Balaban J connectivity index is 0.000000213. The third-order valence-corrected chi connectivity index (χ3v) is 13.7. The molecule has 0 bridgehead atoms. The molecule has 0 saturated heterocycles. The van der Waals surface area contributed by atoms with Crippen LogP contribution in [0.5, 0.6) is 0 Å². The molecule has 0 aliphatic carbocycles. The van der Waals surface area contributed by atoms with Crippen LogP contribution in [0, 0.1) is 12.1 Å². The molecule has 0 heterocycles. The van der Waals surface area contributed by atoms with Crippen molar-refractivity contribution in [2.24, 2.45) is 0 Å². The van der Waals surface area contributed by atoms with Crippen LogP contribution >= 0.6 is 15.8 Å². The molecule has 2 N–H and O–H groups in total. The van der Waals surface area contributed by atoms with Gasteiger partial charge in [-0.1, -0.05) is 109 Å². The zero-order chi connectivity index (χ0) is 37.5. The molecule has 2 nitrogen and oxygen atoms in total. The Kier molecular flexibility index (Phi) is 22.7. The summed E-state index contributed by atoms with van der Waals surface area (Å²) in [5.74, 6) is 0. The first kappa shape index (κ1) is 46.2. The second-order valence-corrected chi connectivity index (χ2v) is 17.0. The fraction of sp³-hybridized carbons (Fsp3) is 0.0400. The van der Waals surface area contributed by atoms with E-state index in [2.05, 4.69) is 194 Å². The molecule has 0 spiro atoms. The van der Waals surface area contributed by atoms with E-state index in [0.29, 0.717) is 0 Å². The van der Waals surface area contributed by atoms with Crippen molar-refractivity contribution < 1.29 is 51.1 Å². The molecule has 0 aliphatic heterocycles. The van der Waals surface area contributed by atoms with Crippen molar-refractivity contribution in [1.82, 2.24) is 0 Å². The molecule has 288 valence electrons. The molecule has 8 aromatic carbocycles. The maximum Gasteiger partial charge on any atom is 0.102 e. The van der Waals surface area contributed by atoms with Crippen molar-refractivity contribution in [3.05, 3.63) is 254 Å². The van der Waals surface area contributed by atoms with Gasteiger partial charge in [-0.3, -0.25) is 0 Å². The molecule has 0 saturated carbocycles. The van der Waals surface area contributed by atoms with Crippen molar-refractivity contribution in [1.29, 1.82) is 0 Å². The molecule has 0 amide bonds. The van der Waals surface area contributed by atoms with Crippen LogP contribution in [-0.4, -0.2) is 10.2 Å². The van der Waals surface area contributed by atoms with Gasteiger partial charge >= 0.3 is 0 Å². The summed E-state index contributed by atoms with van der Waals surface area (Å²) in [5, 5.41) is 25.6. The molecule has 0 atom stereocenters. The molecule has 0 unspecified atom stereocenters. The Morgan fingerprint density at radius 1 is 0.286 bits per heavy atom. The Hall–Kier alpha value is -4.14. The molecular weight excluding hydrogens is 907 g/mol. The van der Waals surface area contributed by atoms with E-state index in [-0.39, 0.29) is 54.1 Å². The first-order valence-corrected chi connectivity index (χ1v) is 21.0. The second-order valence-electron chi connectivity index (χ2n) is 12.0. The topological polar surface area (TPSA) is 40.5 Å². The van der Waals surface area contributed by atoms with Crippen LogP contribution in [0.4, 0.5) is 0 Å². The third-order valence-electron chi connectivity index (χ3n) is 8.26. The van der Waals surface area contributed by atoms with Gasteiger partial charge in [0.15, 0.2) is 0 Å². The van der Waals surface area contributed by atoms with Gasteiger partial charge < -0.3 is 10.2 Å². The first-order valence-electron chi connectivity index (χ1n) is 18.0. The van der Waals surface area contributed by atoms with E-state index in [4.69, 9.17) is 10.2 Å². The van der Waals surface area contributed by atoms with Gasteiger partial charge in [0.1, 0.15) is 31.8 Å². The fourth-order valence-corrected chi connectivity index (χ4v) is 10.8. The Morgan fingerprint density at radius 3 is 0.625 bits per heavy atom. The average molecular weight is 954 g/mol. The smallest absolute Gasteiger partial charge is 0.102 e. The van der Waals surface area contributed by atoms with Gasteiger partial charge in [0.25, 0.3) is 0 Å². The van der Waals surface area contributed by atoms with Gasteiger partial charge in [-0.2, -0.15) is 60.7 Å². The second kappa shape index (κ2) is 27.5. The summed E-state index contributed by atoms with van der Waals surface area (Å²) in [7, 11) is -1.75. The molecule has 6 heteroatoms. The number of rotatable bonds is 8. The fourth-order valence-electron chi connectivity index (χ4n) is 5.69. The van der Waals surface area contributed by atoms with E-state index in [1.54, 1.807) is 12.1 Å².